The number of imidazole rings is 1. The number of aromatic nitrogens is 4. The molecule has 0 bridgehead atoms. The van der Waals surface area contributed by atoms with Crippen LogP contribution >= 0.6 is 0 Å². The molecule has 13 heteroatoms. The first-order valence-corrected chi connectivity index (χ1v) is 19.1. The molecule has 0 unspecified atom stereocenters. The molecule has 3 aromatic rings. The van der Waals surface area contributed by atoms with Gasteiger partial charge in [0.25, 0.3) is 5.91 Å². The lowest BCUT2D eigenvalue weighted by Crippen LogP contribution is -2.65. The first kappa shape index (κ1) is 31.9. The van der Waals surface area contributed by atoms with Gasteiger partial charge in [0.15, 0.2) is 23.2 Å². The molecule has 1 aromatic carbocycles. The summed E-state index contributed by atoms with van der Waals surface area (Å²) in [7, 11) is -4.04. The standard InChI is InChI=1S/C30H45N5O6Si2/c1-18(2)42(19(3)4)38-15-23-26(40-43(41-42,20(5)6)21(7)8)25(36)30(39-23)35-17-33-24-27(31-16-32-28(24)35)34(9)29(37)22-13-11-10-12-14-22/h10-14,16-21,23,25-26,30,36H,15H2,1-9H3/t23-,25-,26-,30-/m1/s1. The number of carbonyl (C=O) groups is 1. The molecule has 0 radical (unpaired) electrons. The van der Waals surface area contributed by atoms with Crippen LogP contribution in [0.15, 0.2) is 43.0 Å². The molecule has 43 heavy (non-hydrogen) atoms. The minimum Gasteiger partial charge on any atom is -0.414 e. The number of hydrogen-bond acceptors (Lipinski definition) is 9. The SMILES string of the molecule is CC(C)[Si]1(C(C)C)OC[C@H]2O[C@@H](n3cnc4c(N(C)C(=O)c5ccccc5)ncnc43)[C@H](O)[C@@H]2O[Si](C(C)C)(C(C)C)O1. The van der Waals surface area contributed by atoms with E-state index in [9.17, 15) is 9.90 Å². The molecule has 4 heterocycles. The van der Waals surface area contributed by atoms with E-state index in [1.54, 1.807) is 30.1 Å². The third kappa shape index (κ3) is 5.38. The van der Waals surface area contributed by atoms with E-state index < -0.39 is 41.7 Å². The second kappa shape index (κ2) is 12.1. The van der Waals surface area contributed by atoms with Crippen LogP contribution in [0.3, 0.4) is 0 Å². The average molecular weight is 628 g/mol. The van der Waals surface area contributed by atoms with Gasteiger partial charge in [-0.2, -0.15) is 0 Å². The van der Waals surface area contributed by atoms with Gasteiger partial charge >= 0.3 is 17.1 Å². The van der Waals surface area contributed by atoms with Crippen molar-refractivity contribution in [2.45, 2.75) is 102 Å². The van der Waals surface area contributed by atoms with Gasteiger partial charge in [0, 0.05) is 12.6 Å². The zero-order valence-corrected chi connectivity index (χ0v) is 28.6. The predicted octanol–water partition coefficient (Wildman–Crippen LogP) is 5.32. The zero-order chi connectivity index (χ0) is 31.3. The minimum atomic E-state index is -2.94. The summed E-state index contributed by atoms with van der Waals surface area (Å²) >= 11 is 0. The lowest BCUT2D eigenvalue weighted by atomic mass is 10.1. The van der Waals surface area contributed by atoms with Gasteiger partial charge in [-0.3, -0.25) is 14.3 Å². The van der Waals surface area contributed by atoms with Crippen molar-refractivity contribution >= 4 is 40.0 Å². The predicted molar refractivity (Wildman–Crippen MR) is 168 cm³/mol. The molecule has 0 spiro atoms. The van der Waals surface area contributed by atoms with Crippen LogP contribution in [0.1, 0.15) is 72.0 Å². The molecule has 2 fully saturated rings. The molecule has 2 aliphatic heterocycles. The Kier molecular flexibility index (Phi) is 8.98. The molecular formula is C30H45N5O6Si2. The lowest BCUT2D eigenvalue weighted by Gasteiger charge is -2.51. The molecule has 5 rings (SSSR count). The van der Waals surface area contributed by atoms with E-state index in [1.165, 1.54) is 11.2 Å². The number of carbonyl (C=O) groups excluding carboxylic acids is 1. The molecule has 1 amide bonds. The van der Waals surface area contributed by atoms with Gasteiger partial charge in [-0.25, -0.2) is 15.0 Å². The van der Waals surface area contributed by atoms with E-state index in [2.05, 4.69) is 70.3 Å². The van der Waals surface area contributed by atoms with Gasteiger partial charge in [0.05, 0.1) is 12.9 Å². The third-order valence-corrected chi connectivity index (χ3v) is 19.1. The van der Waals surface area contributed by atoms with Crippen LogP contribution in [0.25, 0.3) is 11.2 Å². The molecule has 1 N–H and O–H groups in total. The van der Waals surface area contributed by atoms with Crippen molar-refractivity contribution in [3.8, 4) is 0 Å². The van der Waals surface area contributed by atoms with E-state index in [-0.39, 0.29) is 34.7 Å². The maximum absolute atomic E-state index is 13.2. The van der Waals surface area contributed by atoms with E-state index in [0.29, 0.717) is 22.5 Å². The third-order valence-electron chi connectivity index (χ3n) is 8.90. The molecule has 2 saturated heterocycles. The lowest BCUT2D eigenvalue weighted by molar-refractivity contribution is -0.0570. The van der Waals surface area contributed by atoms with Crippen molar-refractivity contribution < 1.29 is 27.6 Å². The number of amides is 1. The summed E-state index contributed by atoms with van der Waals surface area (Å²) in [6.07, 6.45) is -0.0746. The van der Waals surface area contributed by atoms with Crippen LogP contribution in [0.2, 0.25) is 22.2 Å². The Morgan fingerprint density at radius 3 is 2.19 bits per heavy atom. The normalized spacial score (nSPS) is 25.3. The summed E-state index contributed by atoms with van der Waals surface area (Å²) in [6, 6.07) is 9.00. The zero-order valence-electron chi connectivity index (χ0n) is 26.6. The molecule has 0 saturated carbocycles. The van der Waals surface area contributed by atoms with Crippen LogP contribution in [0, 0.1) is 0 Å². The Bertz CT molecular complexity index is 1420. The molecule has 4 atom stereocenters. The van der Waals surface area contributed by atoms with Crippen molar-refractivity contribution in [3.05, 3.63) is 48.5 Å². The van der Waals surface area contributed by atoms with Gasteiger partial charge in [0.1, 0.15) is 24.6 Å². The van der Waals surface area contributed by atoms with Gasteiger partial charge in [-0.15, -0.1) is 0 Å². The highest BCUT2D eigenvalue weighted by molar-refractivity contribution is 6.84. The number of rotatable bonds is 7. The van der Waals surface area contributed by atoms with Gasteiger partial charge in [-0.1, -0.05) is 73.6 Å². The van der Waals surface area contributed by atoms with Crippen molar-refractivity contribution in [1.82, 2.24) is 19.5 Å². The summed E-state index contributed by atoms with van der Waals surface area (Å²) in [5.41, 5.74) is 2.03. The summed E-state index contributed by atoms with van der Waals surface area (Å²) < 4.78 is 29.4. The topological polar surface area (TPSA) is 121 Å². The molecule has 2 aliphatic rings. The first-order valence-electron chi connectivity index (χ1n) is 15.2. The van der Waals surface area contributed by atoms with Crippen molar-refractivity contribution in [3.63, 3.8) is 0 Å². The quantitative estimate of drug-likeness (QED) is 0.347. The maximum Gasteiger partial charge on any atom is 0.335 e. The highest BCUT2D eigenvalue weighted by Crippen LogP contribution is 2.48. The highest BCUT2D eigenvalue weighted by atomic mass is 28.5. The number of anilines is 1. The highest BCUT2D eigenvalue weighted by Gasteiger charge is 2.61. The Labute approximate surface area is 256 Å². The fourth-order valence-electron chi connectivity index (χ4n) is 6.51. The van der Waals surface area contributed by atoms with Crippen LogP contribution in [-0.2, 0) is 17.7 Å². The van der Waals surface area contributed by atoms with E-state index in [4.69, 9.17) is 17.7 Å². The molecule has 234 valence electrons. The largest absolute Gasteiger partial charge is 0.414 e. The summed E-state index contributed by atoms with van der Waals surface area (Å²) in [6.45, 7) is 17.5. The number of hydrogen-bond donors (Lipinski definition) is 1. The maximum atomic E-state index is 13.2. The summed E-state index contributed by atoms with van der Waals surface area (Å²) in [5.74, 6) is 0.141. The van der Waals surface area contributed by atoms with Crippen molar-refractivity contribution in [1.29, 1.82) is 0 Å². The second-order valence-corrected chi connectivity index (χ2v) is 21.7. The summed E-state index contributed by atoms with van der Waals surface area (Å²) in [4.78, 5) is 28.1. The Hall–Kier alpha value is -2.53. The fraction of sp³-hybridized carbons (Fsp3) is 0.600. The smallest absolute Gasteiger partial charge is 0.335 e. The molecule has 0 aliphatic carbocycles. The number of aliphatic hydroxyl groups is 1. The van der Waals surface area contributed by atoms with Crippen LogP contribution in [0.4, 0.5) is 5.82 Å². The monoisotopic (exact) mass is 627 g/mol. The Balaban J connectivity index is 1.51. The van der Waals surface area contributed by atoms with Crippen molar-refractivity contribution in [2.75, 3.05) is 18.6 Å². The van der Waals surface area contributed by atoms with Crippen LogP contribution in [-0.4, -0.2) is 79.6 Å². The Morgan fingerprint density at radius 2 is 1.58 bits per heavy atom. The molecule has 2 aromatic heterocycles. The fourth-order valence-corrected chi connectivity index (χ4v) is 17.7. The van der Waals surface area contributed by atoms with E-state index >= 15 is 0 Å². The molecule has 11 nitrogen and oxygen atoms in total. The number of ether oxygens (including phenoxy) is 1. The Morgan fingerprint density at radius 1 is 0.953 bits per heavy atom. The number of aliphatic hydroxyl groups excluding tert-OH is 1. The van der Waals surface area contributed by atoms with Gasteiger partial charge in [-0.05, 0) is 34.3 Å². The average Bonchev–Trinajstić information content (AvgIpc) is 3.52. The first-order chi connectivity index (χ1) is 20.3. The van der Waals surface area contributed by atoms with Crippen LogP contribution < -0.4 is 4.90 Å². The minimum absolute atomic E-state index is 0.118. The van der Waals surface area contributed by atoms with Crippen LogP contribution in [0.5, 0.6) is 0 Å². The number of benzene rings is 1. The second-order valence-electron chi connectivity index (χ2n) is 12.9. The number of nitrogens with zero attached hydrogens (tertiary/aromatic N) is 5. The van der Waals surface area contributed by atoms with Gasteiger partial charge < -0.3 is 22.8 Å². The van der Waals surface area contributed by atoms with Crippen molar-refractivity contribution in [2.24, 2.45) is 0 Å². The van der Waals surface area contributed by atoms with Gasteiger partial charge in [0.2, 0.25) is 0 Å². The summed E-state index contributed by atoms with van der Waals surface area (Å²) in [5, 5.41) is 11.8. The number of fused-ring (bicyclic) bond motifs is 2. The molecular weight excluding hydrogens is 583 g/mol. The van der Waals surface area contributed by atoms with E-state index in [0.717, 1.165) is 0 Å². The van der Waals surface area contributed by atoms with E-state index in [1.807, 2.05) is 18.2 Å².